The first-order chi connectivity index (χ1) is 13.7. The van der Waals surface area contributed by atoms with Gasteiger partial charge in [0.25, 0.3) is 0 Å². The fourth-order valence-corrected chi connectivity index (χ4v) is 3.97. The Kier molecular flexibility index (Phi) is 3.93. The number of fused-ring (bicyclic) bond motifs is 1. The third-order valence-electron chi connectivity index (χ3n) is 5.31. The van der Waals surface area contributed by atoms with E-state index in [2.05, 4.69) is 20.9 Å². The molecule has 6 nitrogen and oxygen atoms in total. The molecule has 0 saturated heterocycles. The van der Waals surface area contributed by atoms with Crippen LogP contribution in [0.1, 0.15) is 35.9 Å². The van der Waals surface area contributed by atoms with Gasteiger partial charge in [-0.1, -0.05) is 42.5 Å². The molecule has 0 spiro atoms. The number of hydrogen-bond acceptors (Lipinski definition) is 6. The summed E-state index contributed by atoms with van der Waals surface area (Å²) >= 11 is 0. The van der Waals surface area contributed by atoms with E-state index in [1.54, 1.807) is 12.1 Å². The first-order valence-electron chi connectivity index (χ1n) is 9.12. The van der Waals surface area contributed by atoms with E-state index in [1.807, 2.05) is 30.3 Å². The molecular formula is C21H17FN4O2. The maximum Gasteiger partial charge on any atom is 0.219 e. The highest BCUT2D eigenvalue weighted by molar-refractivity contribution is 6.00. The fraction of sp³-hybridized carbons (Fsp3) is 0.190. The molecule has 28 heavy (non-hydrogen) atoms. The van der Waals surface area contributed by atoms with E-state index >= 15 is 0 Å². The van der Waals surface area contributed by atoms with Crippen molar-refractivity contribution in [1.82, 2.24) is 10.3 Å². The zero-order valence-electron chi connectivity index (χ0n) is 14.9. The lowest BCUT2D eigenvalue weighted by atomic mass is 9.78. The van der Waals surface area contributed by atoms with Gasteiger partial charge >= 0.3 is 0 Å². The predicted octanol–water partition coefficient (Wildman–Crippen LogP) is 4.19. The molecule has 1 aliphatic heterocycles. The van der Waals surface area contributed by atoms with E-state index in [0.29, 0.717) is 30.1 Å². The molecule has 0 unspecified atom stereocenters. The smallest absolute Gasteiger partial charge is 0.219 e. The summed E-state index contributed by atoms with van der Waals surface area (Å²) in [5, 5.41) is 14.4. The molecule has 2 atom stereocenters. The Hall–Kier alpha value is -3.48. The lowest BCUT2D eigenvalue weighted by molar-refractivity contribution is -0.116. The molecule has 2 heterocycles. The number of ketones is 1. The number of benzene rings is 2. The molecule has 3 aromatic rings. The van der Waals surface area contributed by atoms with Crippen LogP contribution in [0.15, 0.2) is 70.5 Å². The number of allylic oxidation sites excluding steroid dienone is 1. The summed E-state index contributed by atoms with van der Waals surface area (Å²) in [7, 11) is 0. The minimum Gasteiger partial charge on any atom is -0.353 e. The SMILES string of the molecule is O=C1C[C@H](c2ccc(F)cc2)CC2=C1[C@@H](c1ccccc1)Nc1nonc1N2. The monoisotopic (exact) mass is 376 g/mol. The molecular weight excluding hydrogens is 359 g/mol. The van der Waals surface area contributed by atoms with Crippen molar-refractivity contribution in [3.63, 3.8) is 0 Å². The second kappa shape index (κ2) is 6.60. The van der Waals surface area contributed by atoms with Gasteiger partial charge in [-0.15, -0.1) is 0 Å². The molecule has 1 aromatic heterocycles. The van der Waals surface area contributed by atoms with Crippen molar-refractivity contribution >= 4 is 17.4 Å². The molecule has 0 radical (unpaired) electrons. The van der Waals surface area contributed by atoms with Crippen molar-refractivity contribution < 1.29 is 13.8 Å². The van der Waals surface area contributed by atoms with Gasteiger partial charge in [0.2, 0.25) is 11.6 Å². The maximum atomic E-state index is 13.3. The Bertz CT molecular complexity index is 1060. The number of Topliss-reactive ketones (excluding diaryl/α,β-unsaturated/α-hetero) is 1. The Labute approximate surface area is 160 Å². The molecule has 2 N–H and O–H groups in total. The van der Waals surface area contributed by atoms with Gasteiger partial charge in [-0.3, -0.25) is 4.79 Å². The third kappa shape index (κ3) is 2.85. The highest BCUT2D eigenvalue weighted by Gasteiger charge is 2.37. The van der Waals surface area contributed by atoms with E-state index in [1.165, 1.54) is 12.1 Å². The van der Waals surface area contributed by atoms with Crippen LogP contribution in [0.2, 0.25) is 0 Å². The number of nitrogens with zero attached hydrogens (tertiary/aromatic N) is 2. The van der Waals surface area contributed by atoms with Crippen molar-refractivity contribution in [2.75, 3.05) is 10.6 Å². The topological polar surface area (TPSA) is 80.1 Å². The van der Waals surface area contributed by atoms with Crippen molar-refractivity contribution in [2.24, 2.45) is 0 Å². The Morgan fingerprint density at radius 1 is 0.929 bits per heavy atom. The van der Waals surface area contributed by atoms with Crippen LogP contribution >= 0.6 is 0 Å². The molecule has 7 heteroatoms. The number of hydrogen-bond donors (Lipinski definition) is 2. The summed E-state index contributed by atoms with van der Waals surface area (Å²) in [4.78, 5) is 13.2. The number of anilines is 2. The van der Waals surface area contributed by atoms with Gasteiger partial charge in [-0.25, -0.2) is 9.02 Å². The van der Waals surface area contributed by atoms with Gasteiger partial charge in [0.1, 0.15) is 5.82 Å². The number of carbonyl (C=O) groups is 1. The minimum absolute atomic E-state index is 0.0304. The molecule has 0 amide bonds. The van der Waals surface area contributed by atoms with E-state index in [0.717, 1.165) is 16.8 Å². The highest BCUT2D eigenvalue weighted by atomic mass is 19.1. The normalized spacial score (nSPS) is 21.2. The maximum absolute atomic E-state index is 13.3. The van der Waals surface area contributed by atoms with E-state index < -0.39 is 0 Å². The second-order valence-corrected chi connectivity index (χ2v) is 7.05. The molecule has 0 bridgehead atoms. The molecule has 2 aromatic carbocycles. The van der Waals surface area contributed by atoms with Crippen LogP contribution in [0, 0.1) is 5.82 Å². The molecule has 5 rings (SSSR count). The minimum atomic E-state index is -0.349. The first kappa shape index (κ1) is 16.7. The lowest BCUT2D eigenvalue weighted by Crippen LogP contribution is -2.27. The van der Waals surface area contributed by atoms with Gasteiger partial charge in [-0.2, -0.15) is 0 Å². The predicted molar refractivity (Wildman–Crippen MR) is 101 cm³/mol. The van der Waals surface area contributed by atoms with Gasteiger partial charge in [-0.05, 0) is 45.9 Å². The quantitative estimate of drug-likeness (QED) is 0.698. The van der Waals surface area contributed by atoms with E-state index in [9.17, 15) is 9.18 Å². The summed E-state index contributed by atoms with van der Waals surface area (Å²) in [6, 6.07) is 15.7. The summed E-state index contributed by atoms with van der Waals surface area (Å²) in [5.74, 6) is 0.654. The van der Waals surface area contributed by atoms with Crippen molar-refractivity contribution in [3.05, 3.63) is 82.8 Å². The summed E-state index contributed by atoms with van der Waals surface area (Å²) in [6.45, 7) is 0. The van der Waals surface area contributed by atoms with Crippen molar-refractivity contribution in [3.8, 4) is 0 Å². The van der Waals surface area contributed by atoms with E-state index in [4.69, 9.17) is 4.63 Å². The molecule has 140 valence electrons. The molecule has 0 saturated carbocycles. The number of rotatable bonds is 2. The Morgan fingerprint density at radius 3 is 2.46 bits per heavy atom. The zero-order valence-corrected chi connectivity index (χ0v) is 14.9. The molecule has 0 fully saturated rings. The van der Waals surface area contributed by atoms with Crippen LogP contribution < -0.4 is 10.6 Å². The van der Waals surface area contributed by atoms with Crippen LogP contribution in [-0.2, 0) is 4.79 Å². The number of aromatic nitrogens is 2. The van der Waals surface area contributed by atoms with Crippen LogP contribution in [0.5, 0.6) is 0 Å². The Morgan fingerprint density at radius 2 is 1.68 bits per heavy atom. The Balaban J connectivity index is 1.58. The number of carbonyl (C=O) groups excluding carboxylic acids is 1. The average Bonchev–Trinajstić information content (AvgIpc) is 3.08. The fourth-order valence-electron chi connectivity index (χ4n) is 3.97. The van der Waals surface area contributed by atoms with E-state index in [-0.39, 0.29) is 23.6 Å². The second-order valence-electron chi connectivity index (χ2n) is 7.05. The average molecular weight is 376 g/mol. The lowest BCUT2D eigenvalue weighted by Gasteiger charge is -2.29. The van der Waals surface area contributed by atoms with Crippen LogP contribution in [0.25, 0.3) is 0 Å². The van der Waals surface area contributed by atoms with Gasteiger partial charge < -0.3 is 10.6 Å². The van der Waals surface area contributed by atoms with Gasteiger partial charge in [0.05, 0.1) is 6.04 Å². The summed E-state index contributed by atoms with van der Waals surface area (Å²) < 4.78 is 18.2. The molecule has 1 aliphatic carbocycles. The van der Waals surface area contributed by atoms with Crippen LogP contribution in [0.4, 0.5) is 16.0 Å². The van der Waals surface area contributed by atoms with Crippen molar-refractivity contribution in [1.29, 1.82) is 0 Å². The highest BCUT2D eigenvalue weighted by Crippen LogP contribution is 2.43. The standard InChI is InChI=1S/C21H17FN4O2/c22-15-8-6-12(7-9-15)14-10-16-18(17(27)11-14)19(13-4-2-1-3-5-13)24-21-20(23-16)25-28-26-21/h1-9,14,19H,10-11H2,(H,23,25)(H,24,26)/t14-,19-/m1/s1. The zero-order chi connectivity index (χ0) is 19.1. The summed E-state index contributed by atoms with van der Waals surface area (Å²) in [6.07, 6.45) is 0.983. The summed E-state index contributed by atoms with van der Waals surface area (Å²) in [5.41, 5.74) is 3.38. The van der Waals surface area contributed by atoms with Gasteiger partial charge in [0.15, 0.2) is 5.78 Å². The van der Waals surface area contributed by atoms with Crippen molar-refractivity contribution in [2.45, 2.75) is 24.8 Å². The van der Waals surface area contributed by atoms with Crippen LogP contribution in [0.3, 0.4) is 0 Å². The third-order valence-corrected chi connectivity index (χ3v) is 5.31. The number of halogens is 1. The first-order valence-corrected chi connectivity index (χ1v) is 9.12. The number of nitrogens with one attached hydrogen (secondary N) is 2. The van der Waals surface area contributed by atoms with Crippen LogP contribution in [-0.4, -0.2) is 16.1 Å². The largest absolute Gasteiger partial charge is 0.353 e. The molecule has 2 aliphatic rings. The van der Waals surface area contributed by atoms with Gasteiger partial charge in [0, 0.05) is 17.7 Å².